The Labute approximate surface area is 125 Å². The second-order valence-electron chi connectivity index (χ2n) is 5.23. The minimum absolute atomic E-state index is 0.221. The lowest BCUT2D eigenvalue weighted by molar-refractivity contribution is -0.116. The third kappa shape index (κ3) is 4.45. The molecule has 0 aliphatic heterocycles. The van der Waals surface area contributed by atoms with E-state index in [1.165, 1.54) is 0 Å². The summed E-state index contributed by atoms with van der Waals surface area (Å²) < 4.78 is 7.76. The molecule has 112 valence electrons. The molecule has 2 rings (SSSR count). The third-order valence-electron chi connectivity index (χ3n) is 3.36. The SMILES string of the molecule is CCn1nc(C)cc1COc1ccc(CCC(C)=O)cc1. The van der Waals surface area contributed by atoms with Crippen LogP contribution < -0.4 is 4.74 Å². The summed E-state index contributed by atoms with van der Waals surface area (Å²) in [7, 11) is 0. The van der Waals surface area contributed by atoms with Gasteiger partial charge in [-0.25, -0.2) is 0 Å². The maximum Gasteiger partial charge on any atom is 0.130 e. The minimum Gasteiger partial charge on any atom is -0.487 e. The Morgan fingerprint density at radius 1 is 1.29 bits per heavy atom. The maximum absolute atomic E-state index is 11.0. The van der Waals surface area contributed by atoms with E-state index in [4.69, 9.17) is 4.74 Å². The van der Waals surface area contributed by atoms with Crippen LogP contribution in [0.4, 0.5) is 0 Å². The molecule has 21 heavy (non-hydrogen) atoms. The van der Waals surface area contributed by atoms with Gasteiger partial charge in [-0.1, -0.05) is 12.1 Å². The molecule has 4 heteroatoms. The van der Waals surface area contributed by atoms with E-state index >= 15 is 0 Å². The van der Waals surface area contributed by atoms with E-state index in [0.29, 0.717) is 13.0 Å². The summed E-state index contributed by atoms with van der Waals surface area (Å²) in [5.74, 6) is 1.06. The van der Waals surface area contributed by atoms with Gasteiger partial charge in [-0.2, -0.15) is 5.10 Å². The van der Waals surface area contributed by atoms with Gasteiger partial charge in [0.25, 0.3) is 0 Å². The summed E-state index contributed by atoms with van der Waals surface area (Å²) in [6.45, 7) is 7.04. The van der Waals surface area contributed by atoms with Crippen LogP contribution in [0.5, 0.6) is 5.75 Å². The number of ketones is 1. The number of aromatic nitrogens is 2. The molecule has 1 heterocycles. The smallest absolute Gasteiger partial charge is 0.130 e. The van der Waals surface area contributed by atoms with Crippen LogP contribution in [0.3, 0.4) is 0 Å². The number of rotatable bonds is 7. The minimum atomic E-state index is 0.221. The van der Waals surface area contributed by atoms with Gasteiger partial charge in [0.15, 0.2) is 0 Å². The van der Waals surface area contributed by atoms with Crippen LogP contribution in [-0.4, -0.2) is 15.6 Å². The van der Waals surface area contributed by atoms with Gasteiger partial charge in [-0.05, 0) is 51.0 Å². The summed E-state index contributed by atoms with van der Waals surface area (Å²) in [5.41, 5.74) is 3.25. The molecule has 2 aromatic rings. The molecule has 0 atom stereocenters. The molecule has 0 radical (unpaired) electrons. The Kier molecular flexibility index (Phi) is 5.14. The summed E-state index contributed by atoms with van der Waals surface area (Å²) in [5, 5.41) is 4.40. The monoisotopic (exact) mass is 286 g/mol. The van der Waals surface area contributed by atoms with Crippen LogP contribution in [0.15, 0.2) is 30.3 Å². The van der Waals surface area contributed by atoms with E-state index in [2.05, 4.69) is 12.0 Å². The van der Waals surface area contributed by atoms with Crippen molar-refractivity contribution in [2.45, 2.75) is 46.8 Å². The van der Waals surface area contributed by atoms with Gasteiger partial charge in [0.05, 0.1) is 11.4 Å². The van der Waals surface area contributed by atoms with E-state index in [0.717, 1.165) is 35.7 Å². The predicted molar refractivity (Wildman–Crippen MR) is 82.4 cm³/mol. The van der Waals surface area contributed by atoms with Crippen LogP contribution in [0, 0.1) is 6.92 Å². The van der Waals surface area contributed by atoms with Crippen molar-refractivity contribution in [3.63, 3.8) is 0 Å². The second-order valence-corrected chi connectivity index (χ2v) is 5.23. The molecule has 0 saturated heterocycles. The van der Waals surface area contributed by atoms with Gasteiger partial charge in [0.2, 0.25) is 0 Å². The number of carbonyl (C=O) groups excluding carboxylic acids is 1. The largest absolute Gasteiger partial charge is 0.487 e. The second kappa shape index (κ2) is 7.07. The Morgan fingerprint density at radius 2 is 2.00 bits per heavy atom. The Hall–Kier alpha value is -2.10. The van der Waals surface area contributed by atoms with Gasteiger partial charge in [0.1, 0.15) is 18.1 Å². The van der Waals surface area contributed by atoms with Crippen molar-refractivity contribution in [1.82, 2.24) is 9.78 Å². The normalized spacial score (nSPS) is 10.6. The van der Waals surface area contributed by atoms with Crippen molar-refractivity contribution in [2.24, 2.45) is 0 Å². The van der Waals surface area contributed by atoms with Crippen LogP contribution in [0.1, 0.15) is 37.2 Å². The highest BCUT2D eigenvalue weighted by molar-refractivity contribution is 5.75. The number of benzene rings is 1. The number of hydrogen-bond acceptors (Lipinski definition) is 3. The molecular weight excluding hydrogens is 264 g/mol. The Morgan fingerprint density at radius 3 is 2.62 bits per heavy atom. The fourth-order valence-corrected chi connectivity index (χ4v) is 2.22. The molecule has 0 aliphatic rings. The molecule has 0 fully saturated rings. The fraction of sp³-hybridized carbons (Fsp3) is 0.412. The summed E-state index contributed by atoms with van der Waals surface area (Å²) in [4.78, 5) is 11.0. The van der Waals surface area contributed by atoms with Gasteiger partial charge in [0, 0.05) is 13.0 Å². The summed E-state index contributed by atoms with van der Waals surface area (Å²) in [6, 6.07) is 9.98. The predicted octanol–water partition coefficient (Wildman–Crippen LogP) is 3.31. The zero-order valence-electron chi connectivity index (χ0n) is 12.9. The Balaban J connectivity index is 1.92. The molecule has 1 aromatic carbocycles. The van der Waals surface area contributed by atoms with Crippen molar-refractivity contribution in [3.05, 3.63) is 47.3 Å². The summed E-state index contributed by atoms with van der Waals surface area (Å²) >= 11 is 0. The van der Waals surface area contributed by atoms with Crippen molar-refractivity contribution in [3.8, 4) is 5.75 Å². The first kappa shape index (κ1) is 15.3. The van der Waals surface area contributed by atoms with E-state index < -0.39 is 0 Å². The highest BCUT2D eigenvalue weighted by atomic mass is 16.5. The molecule has 0 spiro atoms. The first-order valence-corrected chi connectivity index (χ1v) is 7.33. The molecule has 4 nitrogen and oxygen atoms in total. The van der Waals surface area contributed by atoms with E-state index in [9.17, 15) is 4.79 Å². The number of ether oxygens (including phenoxy) is 1. The van der Waals surface area contributed by atoms with Gasteiger partial charge < -0.3 is 9.53 Å². The van der Waals surface area contributed by atoms with Crippen molar-refractivity contribution in [2.75, 3.05) is 0 Å². The van der Waals surface area contributed by atoms with Gasteiger partial charge >= 0.3 is 0 Å². The van der Waals surface area contributed by atoms with Gasteiger partial charge in [-0.15, -0.1) is 0 Å². The number of aryl methyl sites for hydroxylation is 3. The quantitative estimate of drug-likeness (QED) is 0.784. The van der Waals surface area contributed by atoms with Crippen LogP contribution in [-0.2, 0) is 24.4 Å². The maximum atomic E-state index is 11.0. The van der Waals surface area contributed by atoms with E-state index in [-0.39, 0.29) is 5.78 Å². The first-order valence-electron chi connectivity index (χ1n) is 7.33. The topological polar surface area (TPSA) is 44.1 Å². The molecule has 0 saturated carbocycles. The third-order valence-corrected chi connectivity index (χ3v) is 3.36. The highest BCUT2D eigenvalue weighted by Crippen LogP contribution is 2.16. The number of hydrogen-bond donors (Lipinski definition) is 0. The van der Waals surface area contributed by atoms with Crippen LogP contribution in [0.25, 0.3) is 0 Å². The van der Waals surface area contributed by atoms with E-state index in [1.54, 1.807) is 6.92 Å². The molecule has 0 amide bonds. The number of carbonyl (C=O) groups is 1. The van der Waals surface area contributed by atoms with Crippen LogP contribution in [0.2, 0.25) is 0 Å². The lowest BCUT2D eigenvalue weighted by Gasteiger charge is -2.08. The molecular formula is C17H22N2O2. The fourth-order valence-electron chi connectivity index (χ4n) is 2.22. The van der Waals surface area contributed by atoms with E-state index in [1.807, 2.05) is 41.9 Å². The summed E-state index contributed by atoms with van der Waals surface area (Å²) in [6.07, 6.45) is 1.38. The molecule has 0 unspecified atom stereocenters. The zero-order valence-corrected chi connectivity index (χ0v) is 12.9. The zero-order chi connectivity index (χ0) is 15.2. The average molecular weight is 286 g/mol. The number of nitrogens with zero attached hydrogens (tertiary/aromatic N) is 2. The highest BCUT2D eigenvalue weighted by Gasteiger charge is 2.05. The molecule has 1 aromatic heterocycles. The number of Topliss-reactive ketones (excluding diaryl/α,β-unsaturated/α-hetero) is 1. The Bertz CT molecular complexity index is 600. The standard InChI is InChI=1S/C17H22N2O2/c1-4-19-16(11-13(2)18-19)12-21-17-9-7-15(8-10-17)6-5-14(3)20/h7-11H,4-6,12H2,1-3H3. The van der Waals surface area contributed by atoms with Crippen molar-refractivity contribution in [1.29, 1.82) is 0 Å². The molecule has 0 aliphatic carbocycles. The van der Waals surface area contributed by atoms with Crippen LogP contribution >= 0.6 is 0 Å². The molecule has 0 N–H and O–H groups in total. The van der Waals surface area contributed by atoms with Gasteiger partial charge in [-0.3, -0.25) is 4.68 Å². The average Bonchev–Trinajstić information content (AvgIpc) is 2.84. The lowest BCUT2D eigenvalue weighted by atomic mass is 10.1. The van der Waals surface area contributed by atoms with Crippen molar-refractivity contribution < 1.29 is 9.53 Å². The first-order chi connectivity index (χ1) is 10.1. The lowest BCUT2D eigenvalue weighted by Crippen LogP contribution is -2.06. The molecule has 0 bridgehead atoms. The van der Waals surface area contributed by atoms with Crippen molar-refractivity contribution >= 4 is 5.78 Å².